The molecule has 1 aliphatic rings. The summed E-state index contributed by atoms with van der Waals surface area (Å²) in [4.78, 5) is 26.0. The number of benzene rings is 1. The summed E-state index contributed by atoms with van der Waals surface area (Å²) in [6.07, 6.45) is 4.28. The monoisotopic (exact) mass is 321 g/mol. The summed E-state index contributed by atoms with van der Waals surface area (Å²) < 4.78 is 13.4. The van der Waals surface area contributed by atoms with Gasteiger partial charge in [0.05, 0.1) is 0 Å². The van der Waals surface area contributed by atoms with Crippen molar-refractivity contribution >= 4 is 11.9 Å². The number of carbonyl (C=O) groups excluding carboxylic acids is 2. The van der Waals surface area contributed by atoms with Gasteiger partial charge in [-0.05, 0) is 24.1 Å². The van der Waals surface area contributed by atoms with Gasteiger partial charge in [0.2, 0.25) is 5.91 Å². The van der Waals surface area contributed by atoms with Crippen molar-refractivity contribution in [2.75, 3.05) is 19.6 Å². The van der Waals surface area contributed by atoms with Crippen molar-refractivity contribution in [3.63, 3.8) is 0 Å². The Bertz CT molecular complexity index is 550. The molecule has 1 heterocycles. The van der Waals surface area contributed by atoms with Gasteiger partial charge in [-0.1, -0.05) is 38.3 Å². The van der Waals surface area contributed by atoms with Gasteiger partial charge in [-0.25, -0.2) is 9.18 Å². The van der Waals surface area contributed by atoms with Gasteiger partial charge in [-0.15, -0.1) is 0 Å². The van der Waals surface area contributed by atoms with E-state index < -0.39 is 11.9 Å². The fourth-order valence-corrected chi connectivity index (χ4v) is 2.74. The van der Waals surface area contributed by atoms with E-state index in [4.69, 9.17) is 0 Å². The molecular formula is C17H24FN3O2. The number of nitrogens with one attached hydrogen (secondary N) is 2. The number of carbonyl (C=O) groups is 2. The Morgan fingerprint density at radius 3 is 2.96 bits per heavy atom. The topological polar surface area (TPSA) is 61.4 Å². The van der Waals surface area contributed by atoms with E-state index in [0.29, 0.717) is 25.2 Å². The molecule has 1 saturated heterocycles. The number of nitrogens with zero attached hydrogens (tertiary/aromatic N) is 1. The molecule has 1 atom stereocenters. The van der Waals surface area contributed by atoms with Crippen LogP contribution in [-0.4, -0.2) is 36.5 Å². The van der Waals surface area contributed by atoms with Crippen LogP contribution in [-0.2, 0) is 4.79 Å². The van der Waals surface area contributed by atoms with E-state index in [2.05, 4.69) is 17.6 Å². The smallest absolute Gasteiger partial charge is 0.318 e. The van der Waals surface area contributed by atoms with E-state index in [1.165, 1.54) is 17.0 Å². The minimum absolute atomic E-state index is 0.273. The number of hydrogen-bond donors (Lipinski definition) is 2. The van der Waals surface area contributed by atoms with Gasteiger partial charge in [0.1, 0.15) is 11.9 Å². The first-order chi connectivity index (χ1) is 11.1. The average Bonchev–Trinajstić information content (AvgIpc) is 2.54. The molecule has 0 aliphatic carbocycles. The Morgan fingerprint density at radius 2 is 2.22 bits per heavy atom. The highest BCUT2D eigenvalue weighted by Crippen LogP contribution is 2.23. The van der Waals surface area contributed by atoms with Crippen molar-refractivity contribution < 1.29 is 14.0 Å². The maximum Gasteiger partial charge on any atom is 0.318 e. The van der Waals surface area contributed by atoms with Crippen LogP contribution in [0.4, 0.5) is 9.18 Å². The summed E-state index contributed by atoms with van der Waals surface area (Å²) in [6, 6.07) is 4.79. The number of piperazine rings is 1. The molecule has 126 valence electrons. The van der Waals surface area contributed by atoms with Gasteiger partial charge in [0.15, 0.2) is 0 Å². The number of rotatable bonds is 6. The fourth-order valence-electron chi connectivity index (χ4n) is 2.74. The molecule has 23 heavy (non-hydrogen) atoms. The lowest BCUT2D eigenvalue weighted by Crippen LogP contribution is -2.54. The highest BCUT2D eigenvalue weighted by molar-refractivity contribution is 5.89. The van der Waals surface area contributed by atoms with Crippen LogP contribution in [0.1, 0.15) is 44.2 Å². The molecule has 1 aromatic carbocycles. The minimum atomic E-state index is -0.782. The molecule has 1 fully saturated rings. The first kappa shape index (κ1) is 17.2. The van der Waals surface area contributed by atoms with Crippen molar-refractivity contribution in [3.8, 4) is 0 Å². The van der Waals surface area contributed by atoms with Gasteiger partial charge < -0.3 is 15.5 Å². The summed E-state index contributed by atoms with van der Waals surface area (Å²) in [5, 5.41) is 5.60. The van der Waals surface area contributed by atoms with Crippen LogP contribution < -0.4 is 10.6 Å². The number of amides is 3. The predicted molar refractivity (Wildman–Crippen MR) is 86.4 cm³/mol. The van der Waals surface area contributed by atoms with E-state index >= 15 is 0 Å². The van der Waals surface area contributed by atoms with Crippen LogP contribution in [0.25, 0.3) is 0 Å². The van der Waals surface area contributed by atoms with Crippen molar-refractivity contribution in [2.45, 2.75) is 38.6 Å². The molecule has 3 amide bonds. The normalized spacial score (nSPS) is 17.7. The van der Waals surface area contributed by atoms with E-state index in [0.717, 1.165) is 25.7 Å². The van der Waals surface area contributed by atoms with Gasteiger partial charge in [-0.3, -0.25) is 4.79 Å². The number of halogens is 1. The van der Waals surface area contributed by atoms with Crippen molar-refractivity contribution in [3.05, 3.63) is 35.6 Å². The maximum atomic E-state index is 13.4. The zero-order valence-electron chi connectivity index (χ0n) is 13.5. The lowest BCUT2D eigenvalue weighted by Gasteiger charge is -2.35. The second-order valence-corrected chi connectivity index (χ2v) is 5.73. The van der Waals surface area contributed by atoms with Crippen LogP contribution in [0.5, 0.6) is 0 Å². The van der Waals surface area contributed by atoms with E-state index in [1.54, 1.807) is 12.1 Å². The molecule has 1 unspecified atom stereocenters. The summed E-state index contributed by atoms with van der Waals surface area (Å²) in [7, 11) is 0. The largest absolute Gasteiger partial charge is 0.352 e. The third kappa shape index (κ3) is 4.68. The standard InChI is InChI=1S/C17H24FN3O2/c1-2-3-4-5-9-20-17(23)21-11-10-19-16(22)15(21)13-7-6-8-14(18)12-13/h6-8,12,15H,2-5,9-11H2,1H3,(H,19,22)(H,20,23). The van der Waals surface area contributed by atoms with Crippen LogP contribution in [0.3, 0.4) is 0 Å². The molecule has 1 aliphatic heterocycles. The fraction of sp³-hybridized carbons (Fsp3) is 0.529. The third-order valence-corrected chi connectivity index (χ3v) is 3.94. The molecule has 2 rings (SSSR count). The van der Waals surface area contributed by atoms with Crippen molar-refractivity contribution in [2.24, 2.45) is 0 Å². The highest BCUT2D eigenvalue weighted by Gasteiger charge is 2.34. The van der Waals surface area contributed by atoms with E-state index in [9.17, 15) is 14.0 Å². The number of urea groups is 1. The van der Waals surface area contributed by atoms with Gasteiger partial charge in [-0.2, -0.15) is 0 Å². The third-order valence-electron chi connectivity index (χ3n) is 3.94. The Labute approximate surface area is 136 Å². The van der Waals surface area contributed by atoms with Crippen molar-refractivity contribution in [1.82, 2.24) is 15.5 Å². The highest BCUT2D eigenvalue weighted by atomic mass is 19.1. The molecular weight excluding hydrogens is 297 g/mol. The molecule has 5 nitrogen and oxygen atoms in total. The zero-order chi connectivity index (χ0) is 16.7. The lowest BCUT2D eigenvalue weighted by molar-refractivity contribution is -0.127. The molecule has 2 N–H and O–H groups in total. The molecule has 0 saturated carbocycles. The minimum Gasteiger partial charge on any atom is -0.352 e. The maximum absolute atomic E-state index is 13.4. The zero-order valence-corrected chi connectivity index (χ0v) is 13.5. The summed E-state index contributed by atoms with van der Waals surface area (Å²) in [5.74, 6) is -0.691. The quantitative estimate of drug-likeness (QED) is 0.791. The first-order valence-electron chi connectivity index (χ1n) is 8.21. The van der Waals surface area contributed by atoms with Crippen LogP contribution in [0, 0.1) is 5.82 Å². The molecule has 1 aromatic rings. The molecule has 0 radical (unpaired) electrons. The van der Waals surface area contributed by atoms with Gasteiger partial charge in [0, 0.05) is 19.6 Å². The Kier molecular flexibility index (Phi) is 6.38. The van der Waals surface area contributed by atoms with Crippen LogP contribution >= 0.6 is 0 Å². The van der Waals surface area contributed by atoms with Gasteiger partial charge in [0.25, 0.3) is 0 Å². The summed E-state index contributed by atoms with van der Waals surface area (Å²) in [6.45, 7) is 3.54. The molecule has 0 bridgehead atoms. The Balaban J connectivity index is 2.02. The lowest BCUT2D eigenvalue weighted by atomic mass is 10.0. The van der Waals surface area contributed by atoms with Crippen LogP contribution in [0.2, 0.25) is 0 Å². The average molecular weight is 321 g/mol. The second-order valence-electron chi connectivity index (χ2n) is 5.73. The predicted octanol–water partition coefficient (Wildman–Crippen LogP) is 2.59. The van der Waals surface area contributed by atoms with E-state index in [1.807, 2.05) is 0 Å². The SMILES string of the molecule is CCCCCCNC(=O)N1CCNC(=O)C1c1cccc(F)c1. The number of hydrogen-bond acceptors (Lipinski definition) is 2. The first-order valence-corrected chi connectivity index (χ1v) is 8.21. The van der Waals surface area contributed by atoms with Crippen molar-refractivity contribution in [1.29, 1.82) is 0 Å². The Morgan fingerprint density at radius 1 is 1.39 bits per heavy atom. The summed E-state index contributed by atoms with van der Waals surface area (Å²) in [5.41, 5.74) is 0.489. The number of unbranched alkanes of at least 4 members (excludes halogenated alkanes) is 3. The molecule has 0 aromatic heterocycles. The Hall–Kier alpha value is -2.11. The molecule has 0 spiro atoms. The van der Waals surface area contributed by atoms with Gasteiger partial charge >= 0.3 is 6.03 Å². The van der Waals surface area contributed by atoms with E-state index in [-0.39, 0.29) is 11.9 Å². The second kappa shape index (κ2) is 8.50. The van der Waals surface area contributed by atoms with Crippen LogP contribution in [0.15, 0.2) is 24.3 Å². The summed E-state index contributed by atoms with van der Waals surface area (Å²) >= 11 is 0. The molecule has 6 heteroatoms.